The smallest absolute Gasteiger partial charge is 0.106 e. The molecule has 0 aliphatic rings. The largest absolute Gasteiger partial charge is 0.389 e. The molecule has 0 aliphatic heterocycles. The van der Waals surface area contributed by atoms with Crippen molar-refractivity contribution < 1.29 is 0 Å². The fourth-order valence-electron chi connectivity index (χ4n) is 1.59. The van der Waals surface area contributed by atoms with Crippen molar-refractivity contribution in [3.63, 3.8) is 0 Å². The lowest BCUT2D eigenvalue weighted by Crippen LogP contribution is -2.09. The van der Waals surface area contributed by atoms with E-state index in [2.05, 4.69) is 4.98 Å². The van der Waals surface area contributed by atoms with Gasteiger partial charge in [-0.05, 0) is 13.0 Å². The van der Waals surface area contributed by atoms with Gasteiger partial charge in [-0.2, -0.15) is 0 Å². The highest BCUT2D eigenvalue weighted by Crippen LogP contribution is 2.21. The maximum atomic E-state index is 5.64. The Kier molecular flexibility index (Phi) is 1.81. The highest BCUT2D eigenvalue weighted by molar-refractivity contribution is 7.80. The van der Waals surface area contributed by atoms with E-state index in [4.69, 9.17) is 18.0 Å². The number of thiocarbonyl (C=S) groups is 1. The van der Waals surface area contributed by atoms with E-state index < -0.39 is 0 Å². The zero-order valence-corrected chi connectivity index (χ0v) is 8.11. The van der Waals surface area contributed by atoms with Gasteiger partial charge in [0.05, 0.1) is 0 Å². The highest BCUT2D eigenvalue weighted by atomic mass is 32.1. The minimum atomic E-state index is 0.454. The van der Waals surface area contributed by atoms with E-state index in [1.807, 2.05) is 31.2 Å². The van der Waals surface area contributed by atoms with Crippen LogP contribution in [0.3, 0.4) is 0 Å². The van der Waals surface area contributed by atoms with E-state index in [0.717, 1.165) is 22.2 Å². The van der Waals surface area contributed by atoms with Crippen LogP contribution >= 0.6 is 12.2 Å². The number of benzene rings is 1. The average molecular weight is 190 g/mol. The molecule has 2 rings (SSSR count). The van der Waals surface area contributed by atoms with Crippen LogP contribution in [0.15, 0.2) is 24.3 Å². The van der Waals surface area contributed by atoms with Gasteiger partial charge >= 0.3 is 0 Å². The molecule has 0 radical (unpaired) electrons. The first-order valence-electron chi connectivity index (χ1n) is 4.07. The molecule has 0 bridgehead atoms. The average Bonchev–Trinajstić information content (AvgIpc) is 2.39. The molecule has 0 saturated heterocycles. The molecule has 0 fully saturated rings. The highest BCUT2D eigenvalue weighted by Gasteiger charge is 2.08. The standard InChI is InChI=1S/C10H10N2S/c1-6-9(10(11)13)7-4-2-3-5-8(7)12-6/h2-5,12H,1H3,(H2,11,13). The first-order chi connectivity index (χ1) is 6.20. The van der Waals surface area contributed by atoms with Gasteiger partial charge in [-0.15, -0.1) is 0 Å². The molecule has 3 heteroatoms. The topological polar surface area (TPSA) is 41.8 Å². The third kappa shape index (κ3) is 1.21. The first-order valence-corrected chi connectivity index (χ1v) is 4.48. The van der Waals surface area contributed by atoms with Crippen molar-refractivity contribution in [3.8, 4) is 0 Å². The lowest BCUT2D eigenvalue weighted by Gasteiger charge is -1.95. The van der Waals surface area contributed by atoms with Crippen LogP contribution in [0.4, 0.5) is 0 Å². The predicted molar refractivity (Wildman–Crippen MR) is 58.9 cm³/mol. The van der Waals surface area contributed by atoms with E-state index in [1.165, 1.54) is 0 Å². The van der Waals surface area contributed by atoms with Crippen molar-refractivity contribution in [2.24, 2.45) is 5.73 Å². The summed E-state index contributed by atoms with van der Waals surface area (Å²) in [6, 6.07) is 8.01. The third-order valence-corrected chi connectivity index (χ3v) is 2.34. The van der Waals surface area contributed by atoms with Gasteiger partial charge in [0.25, 0.3) is 0 Å². The molecule has 2 aromatic rings. The quantitative estimate of drug-likeness (QED) is 0.676. The van der Waals surface area contributed by atoms with Gasteiger partial charge in [0.15, 0.2) is 0 Å². The number of para-hydroxylation sites is 1. The van der Waals surface area contributed by atoms with Crippen molar-refractivity contribution in [1.82, 2.24) is 4.98 Å². The minimum absolute atomic E-state index is 0.454. The molecule has 66 valence electrons. The van der Waals surface area contributed by atoms with Gasteiger partial charge in [0, 0.05) is 22.2 Å². The number of aromatic nitrogens is 1. The van der Waals surface area contributed by atoms with Crippen LogP contribution in [0.1, 0.15) is 11.3 Å². The van der Waals surface area contributed by atoms with E-state index in [-0.39, 0.29) is 0 Å². The Bertz CT molecular complexity index is 471. The summed E-state index contributed by atoms with van der Waals surface area (Å²) in [7, 11) is 0. The Morgan fingerprint density at radius 3 is 2.77 bits per heavy atom. The van der Waals surface area contributed by atoms with Crippen LogP contribution in [0.25, 0.3) is 10.9 Å². The lowest BCUT2D eigenvalue weighted by atomic mass is 10.1. The van der Waals surface area contributed by atoms with Crippen molar-refractivity contribution in [2.45, 2.75) is 6.92 Å². The van der Waals surface area contributed by atoms with Gasteiger partial charge in [-0.1, -0.05) is 30.4 Å². The second-order valence-corrected chi connectivity index (χ2v) is 3.47. The number of nitrogens with one attached hydrogen (secondary N) is 1. The molecular weight excluding hydrogens is 180 g/mol. The number of nitrogens with two attached hydrogens (primary N) is 1. The zero-order chi connectivity index (χ0) is 9.42. The summed E-state index contributed by atoms with van der Waals surface area (Å²) in [5.41, 5.74) is 8.72. The molecule has 0 spiro atoms. The van der Waals surface area contributed by atoms with Gasteiger partial charge in [-0.25, -0.2) is 0 Å². The fraction of sp³-hybridized carbons (Fsp3) is 0.100. The molecule has 13 heavy (non-hydrogen) atoms. The number of aromatic amines is 1. The number of rotatable bonds is 1. The summed E-state index contributed by atoms with van der Waals surface area (Å²) >= 11 is 4.99. The maximum absolute atomic E-state index is 5.64. The van der Waals surface area contributed by atoms with Crippen LogP contribution < -0.4 is 5.73 Å². The molecule has 0 saturated carbocycles. The number of aryl methyl sites for hydroxylation is 1. The molecule has 1 heterocycles. The van der Waals surface area contributed by atoms with Gasteiger partial charge in [-0.3, -0.25) is 0 Å². The Balaban J connectivity index is 2.86. The van der Waals surface area contributed by atoms with Crippen LogP contribution in [0.5, 0.6) is 0 Å². The summed E-state index contributed by atoms with van der Waals surface area (Å²) < 4.78 is 0. The molecule has 1 aromatic carbocycles. The normalized spacial score (nSPS) is 10.5. The first kappa shape index (κ1) is 8.26. The number of H-pyrrole nitrogens is 1. The number of hydrogen-bond donors (Lipinski definition) is 2. The molecule has 0 aliphatic carbocycles. The van der Waals surface area contributed by atoms with Crippen molar-refractivity contribution in [2.75, 3.05) is 0 Å². The van der Waals surface area contributed by atoms with Crippen LogP contribution in [-0.4, -0.2) is 9.97 Å². The van der Waals surface area contributed by atoms with Gasteiger partial charge in [0.2, 0.25) is 0 Å². The van der Waals surface area contributed by atoms with Crippen molar-refractivity contribution in [3.05, 3.63) is 35.5 Å². The van der Waals surface area contributed by atoms with E-state index in [0.29, 0.717) is 4.99 Å². The molecule has 3 N–H and O–H groups in total. The summed E-state index contributed by atoms with van der Waals surface area (Å²) in [5, 5.41) is 1.10. The maximum Gasteiger partial charge on any atom is 0.106 e. The Morgan fingerprint density at radius 1 is 1.38 bits per heavy atom. The Labute approximate surface area is 81.8 Å². The van der Waals surface area contributed by atoms with E-state index in [9.17, 15) is 0 Å². The monoisotopic (exact) mass is 190 g/mol. The third-order valence-electron chi connectivity index (χ3n) is 2.14. The fourth-order valence-corrected chi connectivity index (χ4v) is 1.86. The van der Waals surface area contributed by atoms with Gasteiger partial charge in [0.1, 0.15) is 4.99 Å². The van der Waals surface area contributed by atoms with Crippen molar-refractivity contribution in [1.29, 1.82) is 0 Å². The second-order valence-electron chi connectivity index (χ2n) is 3.03. The molecule has 0 unspecified atom stereocenters. The summed E-state index contributed by atoms with van der Waals surface area (Å²) in [6.07, 6.45) is 0. The minimum Gasteiger partial charge on any atom is -0.389 e. The Morgan fingerprint density at radius 2 is 2.08 bits per heavy atom. The van der Waals surface area contributed by atoms with Crippen molar-refractivity contribution >= 4 is 28.1 Å². The van der Waals surface area contributed by atoms with Crippen LogP contribution in [-0.2, 0) is 0 Å². The number of hydrogen-bond acceptors (Lipinski definition) is 1. The lowest BCUT2D eigenvalue weighted by molar-refractivity contribution is 1.29. The summed E-state index contributed by atoms with van der Waals surface area (Å²) in [5.74, 6) is 0. The van der Waals surface area contributed by atoms with Crippen LogP contribution in [0, 0.1) is 6.92 Å². The SMILES string of the molecule is Cc1[nH]c2ccccc2c1C(N)=S. The van der Waals surface area contributed by atoms with E-state index in [1.54, 1.807) is 0 Å². The number of fused-ring (bicyclic) bond motifs is 1. The Hall–Kier alpha value is -1.35. The molecule has 2 nitrogen and oxygen atoms in total. The molecule has 1 aromatic heterocycles. The molecule has 0 atom stereocenters. The van der Waals surface area contributed by atoms with E-state index >= 15 is 0 Å². The molecule has 0 amide bonds. The molecular formula is C10H10N2S. The summed E-state index contributed by atoms with van der Waals surface area (Å²) in [6.45, 7) is 1.98. The van der Waals surface area contributed by atoms with Gasteiger partial charge < -0.3 is 10.7 Å². The predicted octanol–water partition coefficient (Wildman–Crippen LogP) is 2.11. The summed E-state index contributed by atoms with van der Waals surface area (Å²) in [4.78, 5) is 3.69. The van der Waals surface area contributed by atoms with Crippen LogP contribution in [0.2, 0.25) is 0 Å². The second kappa shape index (κ2) is 2.85. The zero-order valence-electron chi connectivity index (χ0n) is 7.29.